The van der Waals surface area contributed by atoms with Gasteiger partial charge in [-0.05, 0) is 36.4 Å². The van der Waals surface area contributed by atoms with Crippen molar-refractivity contribution in [3.8, 4) is 5.75 Å². The number of amides is 2. The predicted molar refractivity (Wildman–Crippen MR) is 107 cm³/mol. The first-order chi connectivity index (χ1) is 14.8. The van der Waals surface area contributed by atoms with Crippen LogP contribution in [-0.4, -0.2) is 78.2 Å². The molecule has 4 rings (SSSR count). The van der Waals surface area contributed by atoms with Crippen molar-refractivity contribution in [2.45, 2.75) is 12.4 Å². The monoisotopic (exact) mass is 433 g/mol. The third kappa shape index (κ3) is 4.99. The molecule has 0 spiro atoms. The van der Waals surface area contributed by atoms with Crippen LogP contribution in [0.15, 0.2) is 54.6 Å². The Morgan fingerprint density at radius 2 is 1.32 bits per heavy atom. The van der Waals surface area contributed by atoms with Crippen LogP contribution in [0.3, 0.4) is 0 Å². The Labute approximate surface area is 177 Å². The van der Waals surface area contributed by atoms with Crippen molar-refractivity contribution in [1.29, 1.82) is 0 Å². The maximum absolute atomic E-state index is 12.5. The molecule has 2 aliphatic rings. The van der Waals surface area contributed by atoms with Crippen molar-refractivity contribution < 1.29 is 27.5 Å². The molecule has 2 amide bonds. The smallest absolute Gasteiger partial charge is 0.406 e. The summed E-state index contributed by atoms with van der Waals surface area (Å²) in [4.78, 5) is 30.9. The second kappa shape index (κ2) is 8.58. The van der Waals surface area contributed by atoms with Gasteiger partial charge in [0.05, 0.1) is 0 Å². The molecule has 0 unspecified atom stereocenters. The molecule has 2 fully saturated rings. The summed E-state index contributed by atoms with van der Waals surface area (Å²) in [6.45, 7) is 3.89. The second-order valence-corrected chi connectivity index (χ2v) is 7.63. The summed E-state index contributed by atoms with van der Waals surface area (Å²) in [6.07, 6.45) is -4.76. The highest BCUT2D eigenvalue weighted by molar-refractivity contribution is 5.95. The van der Waals surface area contributed by atoms with Crippen LogP contribution in [0.5, 0.6) is 5.75 Å². The quantitative estimate of drug-likeness (QED) is 0.744. The Morgan fingerprint density at radius 3 is 1.90 bits per heavy atom. The fourth-order valence-corrected chi connectivity index (χ4v) is 3.89. The molecule has 2 saturated heterocycles. The van der Waals surface area contributed by atoms with Crippen LogP contribution >= 0.6 is 0 Å². The molecule has 0 bridgehead atoms. The van der Waals surface area contributed by atoms with Crippen LogP contribution in [0.25, 0.3) is 0 Å². The van der Waals surface area contributed by atoms with E-state index in [1.807, 2.05) is 35.2 Å². The van der Waals surface area contributed by atoms with E-state index >= 15 is 0 Å². The Bertz CT molecular complexity index is 921. The average Bonchev–Trinajstić information content (AvgIpc) is 2.72. The molecule has 164 valence electrons. The van der Waals surface area contributed by atoms with Crippen molar-refractivity contribution in [1.82, 2.24) is 14.7 Å². The second-order valence-electron chi connectivity index (χ2n) is 7.63. The fourth-order valence-electron chi connectivity index (χ4n) is 3.89. The lowest BCUT2D eigenvalue weighted by Crippen LogP contribution is -2.64. The molecule has 6 nitrogen and oxygen atoms in total. The number of carbonyl (C=O) groups is 2. The lowest BCUT2D eigenvalue weighted by Gasteiger charge is -2.48. The SMILES string of the molecule is O=C(c1ccccc1)N1CCN(C2CN(C(=O)c3ccc(OC(F)(F)F)cc3)C2)CC1. The van der Waals surface area contributed by atoms with Crippen molar-refractivity contribution in [2.24, 2.45) is 0 Å². The summed E-state index contributed by atoms with van der Waals surface area (Å²) < 4.78 is 40.6. The van der Waals surface area contributed by atoms with Crippen molar-refractivity contribution in [3.05, 3.63) is 65.7 Å². The van der Waals surface area contributed by atoms with Crippen LogP contribution in [0.4, 0.5) is 13.2 Å². The van der Waals surface area contributed by atoms with Crippen molar-refractivity contribution in [3.63, 3.8) is 0 Å². The summed E-state index contributed by atoms with van der Waals surface area (Å²) in [7, 11) is 0. The minimum atomic E-state index is -4.76. The number of ether oxygens (including phenoxy) is 1. The third-order valence-corrected chi connectivity index (χ3v) is 5.62. The molecule has 0 aliphatic carbocycles. The molecule has 9 heteroatoms. The molecule has 0 radical (unpaired) electrons. The van der Waals surface area contributed by atoms with E-state index in [0.29, 0.717) is 37.3 Å². The van der Waals surface area contributed by atoms with Gasteiger partial charge in [0.25, 0.3) is 11.8 Å². The van der Waals surface area contributed by atoms with Gasteiger partial charge in [0, 0.05) is 56.4 Å². The largest absolute Gasteiger partial charge is 0.573 e. The van der Waals surface area contributed by atoms with Gasteiger partial charge < -0.3 is 14.5 Å². The summed E-state index contributed by atoms with van der Waals surface area (Å²) in [6, 6.07) is 14.4. The number of likely N-dealkylation sites (tertiary alicyclic amines) is 1. The first kappa shape index (κ1) is 21.2. The maximum Gasteiger partial charge on any atom is 0.573 e. The van der Waals surface area contributed by atoms with Crippen molar-refractivity contribution in [2.75, 3.05) is 39.3 Å². The zero-order valence-corrected chi connectivity index (χ0v) is 16.7. The van der Waals surface area contributed by atoms with E-state index in [2.05, 4.69) is 9.64 Å². The van der Waals surface area contributed by atoms with E-state index in [4.69, 9.17) is 0 Å². The first-order valence-corrected chi connectivity index (χ1v) is 10.0. The van der Waals surface area contributed by atoms with Gasteiger partial charge in [-0.25, -0.2) is 0 Å². The van der Waals surface area contributed by atoms with Gasteiger partial charge in [0.2, 0.25) is 0 Å². The van der Waals surface area contributed by atoms with Crippen LogP contribution < -0.4 is 4.74 Å². The van der Waals surface area contributed by atoms with Gasteiger partial charge in [-0.1, -0.05) is 18.2 Å². The highest BCUT2D eigenvalue weighted by Crippen LogP contribution is 2.24. The molecule has 2 aromatic carbocycles. The van der Waals surface area contributed by atoms with Crippen LogP contribution in [0.2, 0.25) is 0 Å². The number of benzene rings is 2. The van der Waals surface area contributed by atoms with Gasteiger partial charge in [-0.15, -0.1) is 13.2 Å². The normalized spacial score (nSPS) is 17.9. The zero-order valence-electron chi connectivity index (χ0n) is 16.7. The van der Waals surface area contributed by atoms with Gasteiger partial charge >= 0.3 is 6.36 Å². The molecule has 2 heterocycles. The molecular formula is C22H22F3N3O3. The number of hydrogen-bond donors (Lipinski definition) is 0. The number of carbonyl (C=O) groups excluding carboxylic acids is 2. The Hall–Kier alpha value is -3.07. The highest BCUT2D eigenvalue weighted by Gasteiger charge is 2.37. The Balaban J connectivity index is 1.24. The topological polar surface area (TPSA) is 53.1 Å². The number of nitrogens with zero attached hydrogens (tertiary/aromatic N) is 3. The molecular weight excluding hydrogens is 411 g/mol. The summed E-state index contributed by atoms with van der Waals surface area (Å²) in [5.74, 6) is -0.537. The minimum absolute atomic E-state index is 0.0311. The van der Waals surface area contributed by atoms with Gasteiger partial charge in [0.1, 0.15) is 5.75 Å². The first-order valence-electron chi connectivity index (χ1n) is 10.0. The van der Waals surface area contributed by atoms with Crippen molar-refractivity contribution >= 4 is 11.8 Å². The molecule has 0 atom stereocenters. The maximum atomic E-state index is 12.5. The van der Waals surface area contributed by atoms with E-state index < -0.39 is 6.36 Å². The Kier molecular flexibility index (Phi) is 5.86. The average molecular weight is 433 g/mol. The number of rotatable bonds is 4. The van der Waals surface area contributed by atoms with Gasteiger partial charge in [0.15, 0.2) is 0 Å². The fraction of sp³-hybridized carbons (Fsp3) is 0.364. The lowest BCUT2D eigenvalue weighted by molar-refractivity contribution is -0.274. The summed E-state index contributed by atoms with van der Waals surface area (Å²) in [5.41, 5.74) is 1.01. The summed E-state index contributed by atoms with van der Waals surface area (Å²) in [5, 5.41) is 0. The summed E-state index contributed by atoms with van der Waals surface area (Å²) >= 11 is 0. The minimum Gasteiger partial charge on any atom is -0.406 e. The predicted octanol–water partition coefficient (Wildman–Crippen LogP) is 2.87. The van der Waals surface area contributed by atoms with E-state index in [1.54, 1.807) is 4.90 Å². The highest BCUT2D eigenvalue weighted by atomic mass is 19.4. The molecule has 31 heavy (non-hydrogen) atoms. The molecule has 2 aromatic rings. The lowest BCUT2D eigenvalue weighted by atomic mass is 10.0. The molecule has 2 aliphatic heterocycles. The zero-order chi connectivity index (χ0) is 22.0. The van der Waals surface area contributed by atoms with Gasteiger partial charge in [-0.3, -0.25) is 14.5 Å². The van der Waals surface area contributed by atoms with Crippen LogP contribution in [0, 0.1) is 0 Å². The van der Waals surface area contributed by atoms with E-state index in [0.717, 1.165) is 25.2 Å². The Morgan fingerprint density at radius 1 is 0.774 bits per heavy atom. The number of halogens is 3. The standard InChI is InChI=1S/C22H22F3N3O3/c23-22(24,25)31-19-8-6-17(7-9-19)21(30)28-14-18(15-28)26-10-12-27(13-11-26)20(29)16-4-2-1-3-5-16/h1-9,18H,10-15H2. The van der Waals surface area contributed by atoms with Gasteiger partial charge in [-0.2, -0.15) is 0 Å². The molecule has 0 saturated carbocycles. The van der Waals surface area contributed by atoms with Crippen LogP contribution in [0.1, 0.15) is 20.7 Å². The number of hydrogen-bond acceptors (Lipinski definition) is 4. The molecule has 0 aromatic heterocycles. The number of alkyl halides is 3. The van der Waals surface area contributed by atoms with E-state index in [-0.39, 0.29) is 23.6 Å². The molecule has 0 N–H and O–H groups in total. The number of piperazine rings is 1. The van der Waals surface area contributed by atoms with Crippen LogP contribution in [-0.2, 0) is 0 Å². The third-order valence-electron chi connectivity index (χ3n) is 5.62. The van der Waals surface area contributed by atoms with E-state index in [1.165, 1.54) is 12.1 Å². The van der Waals surface area contributed by atoms with E-state index in [9.17, 15) is 22.8 Å².